The number of fused-ring (bicyclic) bond motifs is 1. The number of nitrogens with zero attached hydrogens (tertiary/aromatic N) is 3. The van der Waals surface area contributed by atoms with Gasteiger partial charge in [-0.25, -0.2) is 0 Å². The van der Waals surface area contributed by atoms with E-state index in [1.54, 1.807) is 26.9 Å². The third kappa shape index (κ3) is 5.11. The van der Waals surface area contributed by atoms with Crippen molar-refractivity contribution in [3.8, 4) is 0 Å². The lowest BCUT2D eigenvalue weighted by atomic mass is 9.66. The van der Waals surface area contributed by atoms with Gasteiger partial charge in [-0.2, -0.15) is 0 Å². The van der Waals surface area contributed by atoms with Gasteiger partial charge >= 0.3 is 0 Å². The Bertz CT molecular complexity index is 1210. The molecule has 8 nitrogen and oxygen atoms in total. The third-order valence-electron chi connectivity index (χ3n) is 9.50. The van der Waals surface area contributed by atoms with E-state index >= 15 is 0 Å². The summed E-state index contributed by atoms with van der Waals surface area (Å²) >= 11 is 0. The van der Waals surface area contributed by atoms with Crippen molar-refractivity contribution in [2.24, 2.45) is 17.8 Å². The average Bonchev–Trinajstić information content (AvgIpc) is 3.50. The maximum Gasteiger partial charge on any atom is 0.253 e. The van der Waals surface area contributed by atoms with Crippen molar-refractivity contribution in [3.05, 3.63) is 54.6 Å². The number of anilines is 1. The molecule has 0 saturated carbocycles. The summed E-state index contributed by atoms with van der Waals surface area (Å²) in [6.45, 7) is 20.6. The molecule has 0 aliphatic carbocycles. The summed E-state index contributed by atoms with van der Waals surface area (Å²) in [5, 5.41) is 10.6. The number of hydrogen-bond acceptors (Lipinski definition) is 5. The molecule has 2 unspecified atom stereocenters. The van der Waals surface area contributed by atoms with Crippen LogP contribution < -0.4 is 4.90 Å². The molecule has 230 valence electrons. The Kier molecular flexibility index (Phi) is 9.38. The van der Waals surface area contributed by atoms with Gasteiger partial charge in [0, 0.05) is 25.3 Å². The summed E-state index contributed by atoms with van der Waals surface area (Å²) in [5.74, 6) is -2.03. The summed E-state index contributed by atoms with van der Waals surface area (Å²) in [6, 6.07) is 4.33. The Morgan fingerprint density at radius 1 is 1.14 bits per heavy atom. The van der Waals surface area contributed by atoms with E-state index in [9.17, 15) is 19.5 Å². The fourth-order valence-electron chi connectivity index (χ4n) is 7.95. The van der Waals surface area contributed by atoms with Crippen molar-refractivity contribution in [3.63, 3.8) is 0 Å². The van der Waals surface area contributed by atoms with Crippen LogP contribution in [0.25, 0.3) is 0 Å². The molecule has 1 aromatic rings. The largest absolute Gasteiger partial charge is 0.394 e. The third-order valence-corrected chi connectivity index (χ3v) is 9.50. The van der Waals surface area contributed by atoms with Gasteiger partial charge in [-0.15, -0.1) is 13.2 Å². The van der Waals surface area contributed by atoms with Crippen molar-refractivity contribution < 1.29 is 24.2 Å². The number of hydrogen-bond donors (Lipinski definition) is 1. The Morgan fingerprint density at radius 3 is 2.33 bits per heavy atom. The van der Waals surface area contributed by atoms with E-state index in [0.29, 0.717) is 32.4 Å². The highest BCUT2D eigenvalue weighted by Gasteiger charge is 2.79. The molecular weight excluding hydrogens is 530 g/mol. The van der Waals surface area contributed by atoms with E-state index in [1.807, 2.05) is 59.7 Å². The molecule has 3 aliphatic rings. The Hall–Kier alpha value is -2.97. The molecule has 6 atom stereocenters. The van der Waals surface area contributed by atoms with Gasteiger partial charge in [-0.05, 0) is 63.5 Å². The lowest BCUT2D eigenvalue weighted by Crippen LogP contribution is -2.59. The zero-order valence-corrected chi connectivity index (χ0v) is 26.3. The number of carbonyl (C=O) groups excluding carboxylic acids is 3. The molecule has 42 heavy (non-hydrogen) atoms. The van der Waals surface area contributed by atoms with Crippen molar-refractivity contribution in [1.82, 2.24) is 9.80 Å². The molecule has 0 aromatic heterocycles. The number of amides is 3. The Balaban J connectivity index is 1.89. The normalized spacial score (nSPS) is 28.6. The van der Waals surface area contributed by atoms with Crippen LogP contribution in [0.4, 0.5) is 5.69 Å². The predicted octanol–water partition coefficient (Wildman–Crippen LogP) is 4.42. The second kappa shape index (κ2) is 12.3. The number of para-hydroxylation sites is 1. The van der Waals surface area contributed by atoms with Gasteiger partial charge in [0.1, 0.15) is 11.6 Å². The first kappa shape index (κ1) is 32.0. The molecular formula is C34H49N3O5. The van der Waals surface area contributed by atoms with E-state index in [4.69, 9.17) is 4.74 Å². The predicted molar refractivity (Wildman–Crippen MR) is 165 cm³/mol. The molecule has 3 aliphatic heterocycles. The molecule has 3 saturated heterocycles. The van der Waals surface area contributed by atoms with Crippen LogP contribution >= 0.6 is 0 Å². The molecule has 1 N–H and O–H groups in total. The van der Waals surface area contributed by atoms with Gasteiger partial charge < -0.3 is 24.5 Å². The van der Waals surface area contributed by atoms with Gasteiger partial charge in [0.05, 0.1) is 30.1 Å². The van der Waals surface area contributed by atoms with Gasteiger partial charge in [0.15, 0.2) is 0 Å². The quantitative estimate of drug-likeness (QED) is 0.350. The molecule has 1 spiro atoms. The second-order valence-electron chi connectivity index (χ2n) is 13.0. The molecule has 4 rings (SSSR count). The molecule has 0 radical (unpaired) electrons. The summed E-state index contributed by atoms with van der Waals surface area (Å²) in [6.07, 6.45) is 5.74. The molecule has 1 aromatic carbocycles. The van der Waals surface area contributed by atoms with Crippen LogP contribution in [0.2, 0.25) is 0 Å². The average molecular weight is 580 g/mol. The highest BCUT2D eigenvalue weighted by molar-refractivity contribution is 6.06. The summed E-state index contributed by atoms with van der Waals surface area (Å²) in [7, 11) is 0. The van der Waals surface area contributed by atoms with E-state index in [0.717, 1.165) is 23.2 Å². The molecule has 3 heterocycles. The van der Waals surface area contributed by atoms with Crippen LogP contribution in [-0.2, 0) is 19.1 Å². The molecule has 3 fully saturated rings. The van der Waals surface area contributed by atoms with E-state index in [2.05, 4.69) is 13.2 Å². The standard InChI is InChI=1S/C34H49N3O5/c1-9-17-35(18-10-2)30(39)26-27-31(40)37(25(21-38)20-22(4)5)29(34(27)16-15-33(26,8)42-34)32(41)36(19-11-3)28-23(6)13-12-14-24(28)7/h9,11-14,22,25-27,29,38H,1,3,10,15-21H2,2,4-8H3/t25-,26+,27+,29?,33-,34?/m1/s1. The van der Waals surface area contributed by atoms with Crippen LogP contribution in [0.3, 0.4) is 0 Å². The topological polar surface area (TPSA) is 90.4 Å². The minimum Gasteiger partial charge on any atom is -0.394 e. The fraction of sp³-hybridized carbons (Fsp3) is 0.618. The summed E-state index contributed by atoms with van der Waals surface area (Å²) in [5.41, 5.74) is 0.615. The first-order chi connectivity index (χ1) is 19.9. The van der Waals surface area contributed by atoms with Crippen molar-refractivity contribution >= 4 is 23.4 Å². The van der Waals surface area contributed by atoms with Crippen LogP contribution in [0.1, 0.15) is 64.5 Å². The number of aliphatic hydroxyl groups excluding tert-OH is 1. The number of aryl methyl sites for hydroxylation is 2. The lowest BCUT2D eigenvalue weighted by Gasteiger charge is -2.40. The van der Waals surface area contributed by atoms with Gasteiger partial charge in [0.25, 0.3) is 5.91 Å². The SMILES string of the molecule is C=CCN(CCC)C(=O)[C@@H]1[C@H]2C(=O)N([C@@H](CO)CC(C)C)C(C(=O)N(CC=C)c3c(C)cccc3C)C23CC[C@@]1(C)O3. The zero-order valence-electron chi connectivity index (χ0n) is 26.3. The van der Waals surface area contributed by atoms with E-state index < -0.39 is 35.1 Å². The van der Waals surface area contributed by atoms with Crippen LogP contribution in [0, 0.1) is 31.6 Å². The van der Waals surface area contributed by atoms with Gasteiger partial charge in [0.2, 0.25) is 11.8 Å². The van der Waals surface area contributed by atoms with Crippen molar-refractivity contribution in [2.45, 2.75) is 90.5 Å². The number of benzene rings is 1. The smallest absolute Gasteiger partial charge is 0.253 e. The zero-order chi connectivity index (χ0) is 31.0. The number of carbonyl (C=O) groups is 3. The maximum atomic E-state index is 15.0. The number of aliphatic hydroxyl groups is 1. The van der Waals surface area contributed by atoms with Crippen LogP contribution in [0.5, 0.6) is 0 Å². The molecule has 3 amide bonds. The number of likely N-dealkylation sites (tertiary alicyclic amines) is 1. The minimum absolute atomic E-state index is 0.130. The monoisotopic (exact) mass is 579 g/mol. The first-order valence-electron chi connectivity index (χ1n) is 15.4. The highest BCUT2D eigenvalue weighted by atomic mass is 16.5. The Morgan fingerprint density at radius 2 is 1.79 bits per heavy atom. The highest BCUT2D eigenvalue weighted by Crippen LogP contribution is 2.64. The minimum atomic E-state index is -1.17. The number of rotatable bonds is 13. The van der Waals surface area contributed by atoms with Crippen molar-refractivity contribution in [2.75, 3.05) is 31.1 Å². The van der Waals surface area contributed by atoms with Crippen LogP contribution in [-0.4, -0.2) is 82.2 Å². The van der Waals surface area contributed by atoms with Crippen molar-refractivity contribution in [1.29, 1.82) is 0 Å². The van der Waals surface area contributed by atoms with E-state index in [1.165, 1.54) is 0 Å². The second-order valence-corrected chi connectivity index (χ2v) is 13.0. The van der Waals surface area contributed by atoms with Crippen LogP contribution in [0.15, 0.2) is 43.5 Å². The summed E-state index contributed by atoms with van der Waals surface area (Å²) in [4.78, 5) is 48.9. The Labute approximate surface area is 251 Å². The lowest BCUT2D eigenvalue weighted by molar-refractivity contribution is -0.152. The molecule has 2 bridgehead atoms. The summed E-state index contributed by atoms with van der Waals surface area (Å²) < 4.78 is 6.88. The first-order valence-corrected chi connectivity index (χ1v) is 15.4. The molecule has 8 heteroatoms. The van der Waals surface area contributed by atoms with Gasteiger partial charge in [-0.3, -0.25) is 14.4 Å². The number of ether oxygens (including phenoxy) is 1. The fourth-order valence-corrected chi connectivity index (χ4v) is 7.95. The van der Waals surface area contributed by atoms with E-state index in [-0.39, 0.29) is 36.8 Å². The maximum absolute atomic E-state index is 15.0. The van der Waals surface area contributed by atoms with Gasteiger partial charge in [-0.1, -0.05) is 51.1 Å².